The van der Waals surface area contributed by atoms with Crippen molar-refractivity contribution in [1.82, 2.24) is 4.72 Å². The van der Waals surface area contributed by atoms with E-state index >= 15 is 0 Å². The van der Waals surface area contributed by atoms with Crippen LogP contribution in [0.1, 0.15) is 19.4 Å². The van der Waals surface area contributed by atoms with Crippen molar-refractivity contribution >= 4 is 10.0 Å². The number of sulfonamides is 1. The van der Waals surface area contributed by atoms with Crippen molar-refractivity contribution in [2.45, 2.75) is 31.0 Å². The van der Waals surface area contributed by atoms with Crippen LogP contribution in [0.5, 0.6) is 0 Å². The second-order valence-corrected chi connectivity index (χ2v) is 6.46. The minimum absolute atomic E-state index is 0.167. The molecule has 8 heteroatoms. The predicted molar refractivity (Wildman–Crippen MR) is 67.5 cm³/mol. The molecule has 0 bridgehead atoms. The maximum absolute atomic E-state index is 12.5. The Bertz CT molecular complexity index is 555. The van der Waals surface area contributed by atoms with Gasteiger partial charge in [-0.2, -0.15) is 13.2 Å². The van der Waals surface area contributed by atoms with Crippen LogP contribution in [0.2, 0.25) is 0 Å². The third-order valence-corrected chi connectivity index (χ3v) is 4.14. The van der Waals surface area contributed by atoms with Crippen molar-refractivity contribution in [3.63, 3.8) is 0 Å². The molecule has 0 fully saturated rings. The maximum atomic E-state index is 12.5. The van der Waals surface area contributed by atoms with E-state index in [0.29, 0.717) is 6.07 Å². The molecule has 4 nitrogen and oxygen atoms in total. The first-order chi connectivity index (χ1) is 9.04. The lowest BCUT2D eigenvalue weighted by Gasteiger charge is -2.15. The Balaban J connectivity index is 2.93. The van der Waals surface area contributed by atoms with Gasteiger partial charge < -0.3 is 5.11 Å². The maximum Gasteiger partial charge on any atom is 0.416 e. The van der Waals surface area contributed by atoms with Crippen LogP contribution in [0, 0.1) is 5.92 Å². The number of aliphatic hydroxyl groups excluding tert-OH is 1. The van der Waals surface area contributed by atoms with Gasteiger partial charge >= 0.3 is 6.18 Å². The van der Waals surface area contributed by atoms with Crippen LogP contribution in [-0.4, -0.2) is 26.2 Å². The van der Waals surface area contributed by atoms with E-state index in [1.807, 2.05) is 0 Å². The van der Waals surface area contributed by atoms with Crippen LogP contribution < -0.4 is 4.72 Å². The van der Waals surface area contributed by atoms with Crippen LogP contribution in [0.15, 0.2) is 29.2 Å². The van der Waals surface area contributed by atoms with Crippen molar-refractivity contribution < 1.29 is 26.7 Å². The highest BCUT2D eigenvalue weighted by molar-refractivity contribution is 7.89. The number of alkyl halides is 3. The van der Waals surface area contributed by atoms with Crippen molar-refractivity contribution in [2.75, 3.05) is 6.54 Å². The summed E-state index contributed by atoms with van der Waals surface area (Å²) in [5, 5.41) is 9.51. The molecule has 20 heavy (non-hydrogen) atoms. The molecule has 0 aliphatic heterocycles. The van der Waals surface area contributed by atoms with Crippen LogP contribution >= 0.6 is 0 Å². The van der Waals surface area contributed by atoms with E-state index in [4.69, 9.17) is 0 Å². The topological polar surface area (TPSA) is 66.4 Å². The first kappa shape index (κ1) is 16.9. The molecule has 114 valence electrons. The van der Waals surface area contributed by atoms with E-state index < -0.39 is 32.8 Å². The Morgan fingerprint density at radius 3 is 2.40 bits per heavy atom. The molecule has 1 aromatic rings. The summed E-state index contributed by atoms with van der Waals surface area (Å²) < 4.78 is 63.3. The number of benzene rings is 1. The largest absolute Gasteiger partial charge is 0.416 e. The molecule has 1 atom stereocenters. The summed E-state index contributed by atoms with van der Waals surface area (Å²) in [6.07, 6.45) is -5.52. The van der Waals surface area contributed by atoms with Gasteiger partial charge in [-0.1, -0.05) is 19.9 Å². The van der Waals surface area contributed by atoms with Gasteiger partial charge in [-0.15, -0.1) is 0 Å². The highest BCUT2D eigenvalue weighted by Crippen LogP contribution is 2.30. The lowest BCUT2D eigenvalue weighted by Crippen LogP contribution is -2.34. The minimum atomic E-state index is -4.61. The smallest absolute Gasteiger partial charge is 0.391 e. The molecule has 0 spiro atoms. The molecule has 0 amide bonds. The first-order valence-electron chi connectivity index (χ1n) is 5.89. The summed E-state index contributed by atoms with van der Waals surface area (Å²) in [5.74, 6) is -0.167. The van der Waals surface area contributed by atoms with Gasteiger partial charge in [0, 0.05) is 6.54 Å². The number of halogens is 3. The standard InChI is InChI=1S/C12H16F3NO3S/c1-8(2)11(17)7-16-20(18,19)10-5-3-4-9(6-10)12(13,14)15/h3-6,8,11,16-17H,7H2,1-2H3. The lowest BCUT2D eigenvalue weighted by molar-refractivity contribution is -0.137. The molecule has 0 aromatic heterocycles. The fraction of sp³-hybridized carbons (Fsp3) is 0.500. The van der Waals surface area contributed by atoms with Gasteiger partial charge in [-0.25, -0.2) is 13.1 Å². The third kappa shape index (κ3) is 4.46. The molecule has 0 heterocycles. The first-order valence-corrected chi connectivity index (χ1v) is 7.37. The highest BCUT2D eigenvalue weighted by atomic mass is 32.2. The number of hydrogen-bond donors (Lipinski definition) is 2. The average molecular weight is 311 g/mol. The van der Waals surface area contributed by atoms with Gasteiger partial charge in [-0.05, 0) is 24.1 Å². The second kappa shape index (κ2) is 6.11. The van der Waals surface area contributed by atoms with Crippen LogP contribution in [0.4, 0.5) is 13.2 Å². The highest BCUT2D eigenvalue weighted by Gasteiger charge is 2.31. The molecule has 1 unspecified atom stereocenters. The summed E-state index contributed by atoms with van der Waals surface area (Å²) in [6, 6.07) is 3.45. The van der Waals surface area contributed by atoms with Crippen molar-refractivity contribution in [3.8, 4) is 0 Å². The zero-order valence-corrected chi connectivity index (χ0v) is 11.8. The van der Waals surface area contributed by atoms with Gasteiger partial charge in [-0.3, -0.25) is 0 Å². The second-order valence-electron chi connectivity index (χ2n) is 4.69. The number of nitrogens with one attached hydrogen (secondary N) is 1. The molecule has 0 saturated heterocycles. The predicted octanol–water partition coefficient (Wildman–Crippen LogP) is 2.00. The Morgan fingerprint density at radius 2 is 1.90 bits per heavy atom. The zero-order valence-electron chi connectivity index (χ0n) is 11.0. The SMILES string of the molecule is CC(C)C(O)CNS(=O)(=O)c1cccc(C(F)(F)F)c1. The fourth-order valence-electron chi connectivity index (χ4n) is 1.35. The fourth-order valence-corrected chi connectivity index (χ4v) is 2.45. The summed E-state index contributed by atoms with van der Waals surface area (Å²) >= 11 is 0. The molecule has 1 aromatic carbocycles. The molecular formula is C12H16F3NO3S. The van der Waals surface area contributed by atoms with E-state index in [2.05, 4.69) is 4.72 Å². The number of hydrogen-bond acceptors (Lipinski definition) is 3. The van der Waals surface area contributed by atoms with E-state index in [9.17, 15) is 26.7 Å². The molecule has 2 N–H and O–H groups in total. The van der Waals surface area contributed by atoms with Crippen molar-refractivity contribution in [3.05, 3.63) is 29.8 Å². The van der Waals surface area contributed by atoms with Gasteiger partial charge in [0.1, 0.15) is 0 Å². The normalized spacial score (nSPS) is 14.6. The van der Waals surface area contributed by atoms with E-state index in [1.54, 1.807) is 13.8 Å². The van der Waals surface area contributed by atoms with Crippen molar-refractivity contribution in [2.24, 2.45) is 5.92 Å². The van der Waals surface area contributed by atoms with Gasteiger partial charge in [0.15, 0.2) is 0 Å². The number of rotatable bonds is 5. The summed E-state index contributed by atoms with van der Waals surface area (Å²) in [5.41, 5.74) is -1.04. The van der Waals surface area contributed by atoms with Crippen LogP contribution in [0.3, 0.4) is 0 Å². The number of aliphatic hydroxyl groups is 1. The monoisotopic (exact) mass is 311 g/mol. The summed E-state index contributed by atoms with van der Waals surface area (Å²) in [4.78, 5) is -0.483. The lowest BCUT2D eigenvalue weighted by atomic mass is 10.1. The quantitative estimate of drug-likeness (QED) is 0.874. The van der Waals surface area contributed by atoms with Gasteiger partial charge in [0.25, 0.3) is 0 Å². The zero-order chi connectivity index (χ0) is 15.6. The average Bonchev–Trinajstić information content (AvgIpc) is 2.35. The van der Waals surface area contributed by atoms with E-state index in [1.165, 1.54) is 0 Å². The Labute approximate surface area is 115 Å². The molecule has 0 aliphatic carbocycles. The minimum Gasteiger partial charge on any atom is -0.391 e. The van der Waals surface area contributed by atoms with E-state index in [-0.39, 0.29) is 12.5 Å². The summed E-state index contributed by atoms with van der Waals surface area (Å²) in [6.45, 7) is 3.14. The van der Waals surface area contributed by atoms with Gasteiger partial charge in [0.05, 0.1) is 16.6 Å². The summed E-state index contributed by atoms with van der Waals surface area (Å²) in [7, 11) is -4.08. The molecule has 1 rings (SSSR count). The van der Waals surface area contributed by atoms with Crippen LogP contribution in [0.25, 0.3) is 0 Å². The van der Waals surface area contributed by atoms with Gasteiger partial charge in [0.2, 0.25) is 10.0 Å². The van der Waals surface area contributed by atoms with E-state index in [0.717, 1.165) is 18.2 Å². The Morgan fingerprint density at radius 1 is 1.30 bits per heavy atom. The molecule has 0 radical (unpaired) electrons. The Hall–Kier alpha value is -1.12. The van der Waals surface area contributed by atoms with Crippen LogP contribution in [-0.2, 0) is 16.2 Å². The molecule has 0 aliphatic rings. The molecule has 0 saturated carbocycles. The molecular weight excluding hydrogens is 295 g/mol. The van der Waals surface area contributed by atoms with Crippen molar-refractivity contribution in [1.29, 1.82) is 0 Å². The third-order valence-electron chi connectivity index (χ3n) is 2.72. The Kier molecular flexibility index (Phi) is 5.17.